The van der Waals surface area contributed by atoms with Crippen molar-refractivity contribution in [3.8, 4) is 22.3 Å². The fourth-order valence-electron chi connectivity index (χ4n) is 5.46. The molecule has 0 aliphatic heterocycles. The highest BCUT2D eigenvalue weighted by Gasteiger charge is 2.30. The Labute approximate surface area is 241 Å². The van der Waals surface area contributed by atoms with Gasteiger partial charge in [0, 0.05) is 11.1 Å². The van der Waals surface area contributed by atoms with Gasteiger partial charge >= 0.3 is 5.82 Å². The molecule has 0 fully saturated rings. The maximum Gasteiger partial charge on any atom is 0.352 e. The lowest BCUT2D eigenvalue weighted by Crippen LogP contribution is -2.07. The van der Waals surface area contributed by atoms with E-state index in [0.29, 0.717) is 11.2 Å². The van der Waals surface area contributed by atoms with Gasteiger partial charge in [0.15, 0.2) is 15.5 Å². The SMILES string of the molecule is O=[N+]([O-])c1c(CS(=O)(=O)c2ccccc2)nc2c(-c3ccc4ccccc4c3)cc(-c3ccc4ccccc4c3)cn12. The molecule has 0 saturated heterocycles. The molecule has 0 saturated carbocycles. The Morgan fingerprint density at radius 1 is 0.667 bits per heavy atom. The Kier molecular flexibility index (Phi) is 6.06. The van der Waals surface area contributed by atoms with Crippen LogP contribution in [0.5, 0.6) is 0 Å². The van der Waals surface area contributed by atoms with Crippen LogP contribution < -0.4 is 0 Å². The first-order chi connectivity index (χ1) is 20.4. The van der Waals surface area contributed by atoms with Crippen LogP contribution in [0.15, 0.2) is 132 Å². The summed E-state index contributed by atoms with van der Waals surface area (Å²) in [6.07, 6.45) is 1.67. The molecule has 7 nitrogen and oxygen atoms in total. The normalized spacial score (nSPS) is 11.8. The summed E-state index contributed by atoms with van der Waals surface area (Å²) in [5.74, 6) is -0.966. The fourth-order valence-corrected chi connectivity index (χ4v) is 6.75. The number of fused-ring (bicyclic) bond motifs is 3. The predicted molar refractivity (Wildman–Crippen MR) is 165 cm³/mol. The number of sulfone groups is 1. The highest BCUT2D eigenvalue weighted by atomic mass is 32.2. The Morgan fingerprint density at radius 3 is 1.88 bits per heavy atom. The molecule has 7 rings (SSSR count). The van der Waals surface area contributed by atoms with Crippen molar-refractivity contribution in [2.24, 2.45) is 0 Å². The molecular formula is C34H23N3O4S. The van der Waals surface area contributed by atoms with E-state index in [1.165, 1.54) is 16.5 Å². The molecule has 0 radical (unpaired) electrons. The lowest BCUT2D eigenvalue weighted by atomic mass is 9.97. The molecule has 0 unspecified atom stereocenters. The van der Waals surface area contributed by atoms with Gasteiger partial charge in [-0.25, -0.2) is 13.4 Å². The Bertz CT molecular complexity index is 2280. The molecule has 2 aromatic heterocycles. The number of hydrogen-bond acceptors (Lipinski definition) is 5. The number of hydrogen-bond donors (Lipinski definition) is 0. The minimum Gasteiger partial charge on any atom is -0.358 e. The molecule has 42 heavy (non-hydrogen) atoms. The number of pyridine rings is 1. The van der Waals surface area contributed by atoms with E-state index in [-0.39, 0.29) is 16.4 Å². The zero-order chi connectivity index (χ0) is 28.8. The molecule has 0 aliphatic rings. The van der Waals surface area contributed by atoms with Gasteiger partial charge in [0.25, 0.3) is 0 Å². The topological polar surface area (TPSA) is 94.6 Å². The lowest BCUT2D eigenvalue weighted by molar-refractivity contribution is -0.391. The number of nitro groups is 1. The largest absolute Gasteiger partial charge is 0.358 e. The number of aromatic nitrogens is 2. The molecular weight excluding hydrogens is 546 g/mol. The lowest BCUT2D eigenvalue weighted by Gasteiger charge is -2.09. The van der Waals surface area contributed by atoms with Gasteiger partial charge in [-0.2, -0.15) is 4.40 Å². The smallest absolute Gasteiger partial charge is 0.352 e. The third-order valence-corrected chi connectivity index (χ3v) is 9.15. The summed E-state index contributed by atoms with van der Waals surface area (Å²) >= 11 is 0. The van der Waals surface area contributed by atoms with Gasteiger partial charge in [0.05, 0.1) is 4.90 Å². The first-order valence-corrected chi connectivity index (χ1v) is 15.0. The summed E-state index contributed by atoms with van der Waals surface area (Å²) in [7, 11) is -3.89. The monoisotopic (exact) mass is 569 g/mol. The number of rotatable bonds is 6. The van der Waals surface area contributed by atoms with E-state index >= 15 is 0 Å². The third kappa shape index (κ3) is 4.48. The van der Waals surface area contributed by atoms with E-state index in [2.05, 4.69) is 4.98 Å². The fraction of sp³-hybridized carbons (Fsp3) is 0.0294. The van der Waals surface area contributed by atoms with Gasteiger partial charge in [0.2, 0.25) is 5.65 Å². The van der Waals surface area contributed by atoms with Gasteiger partial charge in [-0.15, -0.1) is 0 Å². The standard InChI is InChI=1S/C34H23N3O4S/c38-37(39)34-32(22-42(40,41)30-12-2-1-3-13-30)35-33-31(28-17-15-24-9-5-7-11-26(24)19-28)20-29(21-36(33)34)27-16-14-23-8-4-6-10-25(23)18-27/h1-21H,22H2. The summed E-state index contributed by atoms with van der Waals surface area (Å²) in [4.78, 5) is 16.7. The van der Waals surface area contributed by atoms with Crippen molar-refractivity contribution in [3.05, 3.63) is 143 Å². The Morgan fingerprint density at radius 2 is 1.24 bits per heavy atom. The number of nitrogens with zero attached hydrogens (tertiary/aromatic N) is 3. The van der Waals surface area contributed by atoms with E-state index in [4.69, 9.17) is 0 Å². The van der Waals surface area contributed by atoms with Crippen molar-refractivity contribution in [1.82, 2.24) is 9.38 Å². The molecule has 0 N–H and O–H groups in total. The minimum atomic E-state index is -3.89. The van der Waals surface area contributed by atoms with Crippen molar-refractivity contribution >= 4 is 42.8 Å². The summed E-state index contributed by atoms with van der Waals surface area (Å²) in [6.45, 7) is 0. The maximum atomic E-state index is 13.3. The van der Waals surface area contributed by atoms with Crippen LogP contribution in [0.2, 0.25) is 0 Å². The average Bonchev–Trinajstić information content (AvgIpc) is 3.38. The van der Waals surface area contributed by atoms with Gasteiger partial charge in [-0.3, -0.25) is 0 Å². The summed E-state index contributed by atoms with van der Waals surface area (Å²) in [5.41, 5.74) is 3.31. The van der Waals surface area contributed by atoms with Gasteiger partial charge in [-0.05, 0) is 67.9 Å². The van der Waals surface area contributed by atoms with Crippen LogP contribution in [0.4, 0.5) is 5.82 Å². The van der Waals surface area contributed by atoms with Crippen LogP contribution in [-0.2, 0) is 15.6 Å². The van der Waals surface area contributed by atoms with E-state index in [0.717, 1.165) is 38.2 Å². The second-order valence-corrected chi connectivity index (χ2v) is 12.2. The van der Waals surface area contributed by atoms with Gasteiger partial charge < -0.3 is 10.1 Å². The first kappa shape index (κ1) is 25.6. The van der Waals surface area contributed by atoms with Gasteiger partial charge in [0.1, 0.15) is 11.9 Å². The molecule has 2 heterocycles. The molecule has 8 heteroatoms. The summed E-state index contributed by atoms with van der Waals surface area (Å²) in [5, 5.41) is 16.7. The van der Waals surface area contributed by atoms with E-state index < -0.39 is 20.5 Å². The van der Waals surface area contributed by atoms with E-state index in [1.807, 2.05) is 91.0 Å². The maximum absolute atomic E-state index is 13.3. The van der Waals surface area contributed by atoms with E-state index in [1.54, 1.807) is 24.4 Å². The van der Waals surface area contributed by atoms with Crippen LogP contribution in [-0.4, -0.2) is 22.7 Å². The van der Waals surface area contributed by atoms with Crippen LogP contribution in [0.1, 0.15) is 5.69 Å². The van der Waals surface area contributed by atoms with Crippen molar-refractivity contribution in [1.29, 1.82) is 0 Å². The molecule has 0 atom stereocenters. The van der Waals surface area contributed by atoms with Crippen molar-refractivity contribution < 1.29 is 13.3 Å². The zero-order valence-electron chi connectivity index (χ0n) is 22.2. The Hall–Kier alpha value is -5.34. The second kappa shape index (κ2) is 9.94. The highest BCUT2D eigenvalue weighted by molar-refractivity contribution is 7.90. The quantitative estimate of drug-likeness (QED) is 0.150. The van der Waals surface area contributed by atoms with Crippen LogP contribution in [0.3, 0.4) is 0 Å². The van der Waals surface area contributed by atoms with Gasteiger partial charge in [-0.1, -0.05) is 91.0 Å². The molecule has 0 aliphatic carbocycles. The molecule has 204 valence electrons. The zero-order valence-corrected chi connectivity index (χ0v) is 23.0. The molecule has 0 spiro atoms. The summed E-state index contributed by atoms with van der Waals surface area (Å²) in [6, 6.07) is 37.9. The molecule has 0 amide bonds. The van der Waals surface area contributed by atoms with Crippen LogP contribution in [0, 0.1) is 10.1 Å². The predicted octanol–water partition coefficient (Wildman–Crippen LogP) is 7.86. The van der Waals surface area contributed by atoms with Crippen molar-refractivity contribution in [3.63, 3.8) is 0 Å². The van der Waals surface area contributed by atoms with Crippen LogP contribution >= 0.6 is 0 Å². The summed E-state index contributed by atoms with van der Waals surface area (Å²) < 4.78 is 28.0. The molecule has 7 aromatic rings. The van der Waals surface area contributed by atoms with Crippen molar-refractivity contribution in [2.45, 2.75) is 10.6 Å². The third-order valence-electron chi connectivity index (χ3n) is 7.51. The van der Waals surface area contributed by atoms with Crippen molar-refractivity contribution in [2.75, 3.05) is 0 Å². The minimum absolute atomic E-state index is 0.0861. The molecule has 0 bridgehead atoms. The number of imidazole rings is 1. The average molecular weight is 570 g/mol. The van der Waals surface area contributed by atoms with E-state index in [9.17, 15) is 18.5 Å². The second-order valence-electron chi connectivity index (χ2n) is 10.2. The molecule has 5 aromatic carbocycles. The first-order valence-electron chi connectivity index (χ1n) is 13.3. The Balaban J connectivity index is 1.49. The number of benzene rings is 5. The highest BCUT2D eigenvalue weighted by Crippen LogP contribution is 2.36. The van der Waals surface area contributed by atoms with Crippen LogP contribution in [0.25, 0.3) is 49.4 Å².